The average Bonchev–Trinajstić information content (AvgIpc) is 2.57. The van der Waals surface area contributed by atoms with E-state index in [0.717, 1.165) is 0 Å². The van der Waals surface area contributed by atoms with Gasteiger partial charge in [0.1, 0.15) is 6.61 Å². The number of alkyl halides is 8. The molecule has 1 rings (SSSR count). The molecule has 0 unspecified atom stereocenters. The van der Waals surface area contributed by atoms with E-state index in [1.165, 1.54) is 0 Å². The minimum absolute atomic E-state index is 0.398. The third-order valence-corrected chi connectivity index (χ3v) is 3.48. The highest BCUT2D eigenvalue weighted by atomic mass is 19.4. The minimum atomic E-state index is -6.82. The van der Waals surface area contributed by atoms with Crippen LogP contribution in [-0.4, -0.2) is 44.0 Å². The first-order valence-electron chi connectivity index (χ1n) is 6.91. The van der Waals surface area contributed by atoms with Gasteiger partial charge in [0.25, 0.3) is 0 Å². The third-order valence-electron chi connectivity index (χ3n) is 3.48. The summed E-state index contributed by atoms with van der Waals surface area (Å²) >= 11 is 0. The third kappa shape index (κ3) is 3.70. The second-order valence-corrected chi connectivity index (χ2v) is 5.49. The van der Waals surface area contributed by atoms with E-state index in [0.29, 0.717) is 14.0 Å². The number of hydrogen-bond acceptors (Lipinski definition) is 2. The van der Waals surface area contributed by atoms with Crippen molar-refractivity contribution in [2.24, 2.45) is 0 Å². The molecule has 28 heavy (non-hydrogen) atoms. The van der Waals surface area contributed by atoms with E-state index in [-0.39, 0.29) is 0 Å². The molecule has 0 amide bonds. The van der Waals surface area contributed by atoms with E-state index in [9.17, 15) is 52.7 Å². The van der Waals surface area contributed by atoms with Gasteiger partial charge in [0.05, 0.1) is 0 Å². The molecule has 0 N–H and O–H groups in total. The second-order valence-electron chi connectivity index (χ2n) is 5.49. The number of benzene rings is 1. The zero-order chi connectivity index (χ0) is 22.3. The lowest BCUT2D eigenvalue weighted by molar-refractivity contribution is -0.373. The fourth-order valence-corrected chi connectivity index (χ4v) is 1.83. The van der Waals surface area contributed by atoms with Crippen molar-refractivity contribution in [1.82, 2.24) is 0 Å². The topological polar surface area (TPSA) is 18.5 Å². The summed E-state index contributed by atoms with van der Waals surface area (Å²) in [6, 6.07) is 0. The SMILES string of the molecule is COCC(F)(F)C(F)(F)C(F)(F)C(F)(F)COc1c(F)c(F)c(C)c(F)c1F. The number of hydrogen-bond donors (Lipinski definition) is 0. The van der Waals surface area contributed by atoms with Gasteiger partial charge in [-0.3, -0.25) is 0 Å². The van der Waals surface area contributed by atoms with Crippen molar-refractivity contribution in [1.29, 1.82) is 0 Å². The normalized spacial score (nSPS) is 13.8. The largest absolute Gasteiger partial charge is 0.481 e. The lowest BCUT2D eigenvalue weighted by atomic mass is 9.99. The Bertz CT molecular complexity index is 703. The van der Waals surface area contributed by atoms with Crippen LogP contribution in [0.3, 0.4) is 0 Å². The van der Waals surface area contributed by atoms with E-state index in [1.54, 1.807) is 0 Å². The van der Waals surface area contributed by atoms with Crippen molar-refractivity contribution in [3.05, 3.63) is 28.8 Å². The maximum atomic E-state index is 13.5. The van der Waals surface area contributed by atoms with E-state index >= 15 is 0 Å². The molecule has 0 spiro atoms. The van der Waals surface area contributed by atoms with Crippen molar-refractivity contribution in [3.63, 3.8) is 0 Å². The summed E-state index contributed by atoms with van der Waals surface area (Å²) in [5, 5.41) is 0. The van der Waals surface area contributed by atoms with E-state index in [4.69, 9.17) is 0 Å². The van der Waals surface area contributed by atoms with Gasteiger partial charge in [-0.2, -0.15) is 43.9 Å². The van der Waals surface area contributed by atoms with Crippen LogP contribution in [0.1, 0.15) is 5.56 Å². The van der Waals surface area contributed by atoms with E-state index in [1.807, 2.05) is 0 Å². The summed E-state index contributed by atoms with van der Waals surface area (Å²) in [6.45, 7) is -4.86. The zero-order valence-electron chi connectivity index (χ0n) is 13.8. The number of ether oxygens (including phenoxy) is 2. The molecule has 0 radical (unpaired) electrons. The second kappa shape index (κ2) is 7.52. The molecule has 0 aliphatic carbocycles. The first-order valence-corrected chi connectivity index (χ1v) is 6.91. The summed E-state index contributed by atoms with van der Waals surface area (Å²) < 4.78 is 168. The van der Waals surface area contributed by atoms with Gasteiger partial charge in [-0.25, -0.2) is 8.78 Å². The summed E-state index contributed by atoms with van der Waals surface area (Å²) in [7, 11) is 0.398. The highest BCUT2D eigenvalue weighted by Gasteiger charge is 2.80. The molecule has 1 aromatic carbocycles. The van der Waals surface area contributed by atoms with Crippen LogP contribution >= 0.6 is 0 Å². The summed E-state index contributed by atoms with van der Waals surface area (Å²) in [6.07, 6.45) is 0. The van der Waals surface area contributed by atoms with Crippen LogP contribution in [0.25, 0.3) is 0 Å². The predicted molar refractivity (Wildman–Crippen MR) is 68.2 cm³/mol. The molecule has 0 aromatic heterocycles. The van der Waals surface area contributed by atoms with Crippen LogP contribution in [-0.2, 0) is 4.74 Å². The maximum Gasteiger partial charge on any atom is 0.381 e. The van der Waals surface area contributed by atoms with Crippen LogP contribution < -0.4 is 4.74 Å². The van der Waals surface area contributed by atoms with Crippen molar-refractivity contribution in [2.45, 2.75) is 30.6 Å². The lowest BCUT2D eigenvalue weighted by Gasteiger charge is -2.36. The van der Waals surface area contributed by atoms with Gasteiger partial charge in [0.2, 0.25) is 11.6 Å². The van der Waals surface area contributed by atoms with Gasteiger partial charge < -0.3 is 9.47 Å². The summed E-state index contributed by atoms with van der Waals surface area (Å²) in [5.74, 6) is -36.9. The average molecular weight is 438 g/mol. The standard InChI is InChI=1S/C14H10F12O2/c1-5-6(15)8(17)10(9(18)7(5)16)28-4-12(21,22)14(25,26)13(23,24)11(19,20)3-27-2/h3-4H2,1-2H3. The molecular weight excluding hydrogens is 428 g/mol. The Labute approximate surface area is 149 Å². The molecule has 0 saturated heterocycles. The Kier molecular flexibility index (Phi) is 6.49. The zero-order valence-corrected chi connectivity index (χ0v) is 13.8. The Morgan fingerprint density at radius 2 is 1.00 bits per heavy atom. The van der Waals surface area contributed by atoms with Gasteiger partial charge >= 0.3 is 23.7 Å². The van der Waals surface area contributed by atoms with Crippen molar-refractivity contribution in [2.75, 3.05) is 20.3 Å². The molecule has 0 aliphatic heterocycles. The van der Waals surface area contributed by atoms with Gasteiger partial charge in [0.15, 0.2) is 24.0 Å². The Hall–Kier alpha value is -1.86. The predicted octanol–water partition coefficient (Wildman–Crippen LogP) is 5.12. The van der Waals surface area contributed by atoms with Crippen LogP contribution in [0, 0.1) is 30.2 Å². The van der Waals surface area contributed by atoms with E-state index in [2.05, 4.69) is 9.47 Å². The van der Waals surface area contributed by atoms with Crippen molar-refractivity contribution < 1.29 is 62.2 Å². The molecule has 162 valence electrons. The van der Waals surface area contributed by atoms with E-state index < -0.39 is 71.5 Å². The monoisotopic (exact) mass is 438 g/mol. The van der Waals surface area contributed by atoms with Gasteiger partial charge in [-0.15, -0.1) is 0 Å². The van der Waals surface area contributed by atoms with Crippen molar-refractivity contribution >= 4 is 0 Å². The molecule has 0 aliphatic rings. The highest BCUT2D eigenvalue weighted by molar-refractivity contribution is 5.33. The quantitative estimate of drug-likeness (QED) is 0.415. The number of halogens is 12. The molecule has 0 saturated carbocycles. The molecule has 0 atom stereocenters. The molecule has 2 nitrogen and oxygen atoms in total. The Morgan fingerprint density at radius 1 is 0.643 bits per heavy atom. The van der Waals surface area contributed by atoms with Gasteiger partial charge in [0, 0.05) is 12.7 Å². The fourth-order valence-electron chi connectivity index (χ4n) is 1.83. The lowest BCUT2D eigenvalue weighted by Crippen LogP contribution is -2.64. The van der Waals surface area contributed by atoms with Crippen LogP contribution in [0.2, 0.25) is 0 Å². The fraction of sp³-hybridized carbons (Fsp3) is 0.571. The first-order chi connectivity index (χ1) is 12.5. The van der Waals surface area contributed by atoms with Gasteiger partial charge in [-0.1, -0.05) is 0 Å². The minimum Gasteiger partial charge on any atom is -0.481 e. The summed E-state index contributed by atoms with van der Waals surface area (Å²) in [5.41, 5.74) is -1.26. The summed E-state index contributed by atoms with van der Waals surface area (Å²) in [4.78, 5) is 0. The molecule has 14 heteroatoms. The van der Waals surface area contributed by atoms with Crippen molar-refractivity contribution in [3.8, 4) is 5.75 Å². The van der Waals surface area contributed by atoms with Crippen LogP contribution in [0.15, 0.2) is 0 Å². The molecular formula is C14H10F12O2. The van der Waals surface area contributed by atoms with Crippen LogP contribution in [0.5, 0.6) is 5.75 Å². The first kappa shape index (κ1) is 24.2. The maximum absolute atomic E-state index is 13.5. The Balaban J connectivity index is 3.26. The van der Waals surface area contributed by atoms with Crippen LogP contribution in [0.4, 0.5) is 52.7 Å². The van der Waals surface area contributed by atoms with Gasteiger partial charge in [-0.05, 0) is 6.92 Å². The Morgan fingerprint density at radius 3 is 1.36 bits per heavy atom. The highest BCUT2D eigenvalue weighted by Crippen LogP contribution is 2.52. The number of methoxy groups -OCH3 is 1. The molecule has 0 bridgehead atoms. The molecule has 0 heterocycles. The molecule has 1 aromatic rings. The smallest absolute Gasteiger partial charge is 0.381 e. The molecule has 0 fully saturated rings. The number of rotatable bonds is 8.